The molecule has 0 aliphatic rings. The highest BCUT2D eigenvalue weighted by Crippen LogP contribution is 2.13. The summed E-state index contributed by atoms with van der Waals surface area (Å²) >= 11 is 0. The zero-order valence-corrected chi connectivity index (χ0v) is 8.97. The summed E-state index contributed by atoms with van der Waals surface area (Å²) in [7, 11) is 1.88. The highest BCUT2D eigenvalue weighted by atomic mass is 16.3. The van der Waals surface area contributed by atoms with Crippen LogP contribution in [-0.2, 0) is 7.05 Å². The second kappa shape index (κ2) is 4.32. The van der Waals surface area contributed by atoms with E-state index in [1.54, 1.807) is 18.5 Å². The molecule has 0 saturated heterocycles. The Bertz CT molecular complexity index is 519. The molecule has 5 heteroatoms. The van der Waals surface area contributed by atoms with Crippen LogP contribution < -0.4 is 5.32 Å². The Morgan fingerprint density at radius 2 is 2.38 bits per heavy atom. The third-order valence-corrected chi connectivity index (χ3v) is 2.38. The number of rotatable bonds is 3. The van der Waals surface area contributed by atoms with Crippen LogP contribution in [0.2, 0.25) is 0 Å². The Morgan fingerprint density at radius 3 is 3.12 bits per heavy atom. The number of nitrogens with one attached hydrogen (secondary N) is 1. The lowest BCUT2D eigenvalue weighted by Gasteiger charge is -2.03. The van der Waals surface area contributed by atoms with Crippen LogP contribution >= 0.6 is 0 Å². The van der Waals surface area contributed by atoms with Crippen molar-refractivity contribution in [1.82, 2.24) is 14.9 Å². The van der Waals surface area contributed by atoms with Gasteiger partial charge in [-0.25, -0.2) is 4.98 Å². The van der Waals surface area contributed by atoms with Crippen LogP contribution in [0.5, 0.6) is 0 Å². The summed E-state index contributed by atoms with van der Waals surface area (Å²) in [5.41, 5.74) is 2.35. The summed E-state index contributed by atoms with van der Waals surface area (Å²) in [6, 6.07) is 5.32. The van der Waals surface area contributed by atoms with Gasteiger partial charge in [-0.1, -0.05) is 0 Å². The second-order valence-corrected chi connectivity index (χ2v) is 3.54. The van der Waals surface area contributed by atoms with Crippen LogP contribution in [0.3, 0.4) is 0 Å². The van der Waals surface area contributed by atoms with Crippen molar-refractivity contribution in [2.45, 2.75) is 0 Å². The average Bonchev–Trinajstić information content (AvgIpc) is 2.67. The summed E-state index contributed by atoms with van der Waals surface area (Å²) in [5.74, 6) is -0.183. The Morgan fingerprint density at radius 1 is 1.56 bits per heavy atom. The van der Waals surface area contributed by atoms with Crippen molar-refractivity contribution in [2.75, 3.05) is 13.2 Å². The van der Waals surface area contributed by atoms with Crippen LogP contribution in [0.1, 0.15) is 10.4 Å². The third-order valence-electron chi connectivity index (χ3n) is 2.38. The van der Waals surface area contributed by atoms with E-state index in [0.29, 0.717) is 5.56 Å². The summed E-state index contributed by atoms with van der Waals surface area (Å²) in [6.07, 6.45) is 1.71. The van der Waals surface area contributed by atoms with Gasteiger partial charge in [0.25, 0.3) is 5.91 Å². The molecule has 0 radical (unpaired) electrons. The van der Waals surface area contributed by atoms with Gasteiger partial charge in [-0.2, -0.15) is 0 Å². The highest BCUT2D eigenvalue weighted by Gasteiger charge is 2.07. The first-order valence-electron chi connectivity index (χ1n) is 5.02. The number of fused-ring (bicyclic) bond motifs is 1. The molecule has 0 aliphatic heterocycles. The lowest BCUT2D eigenvalue weighted by molar-refractivity contribution is 0.0945. The molecule has 1 amide bonds. The molecule has 0 spiro atoms. The molecule has 16 heavy (non-hydrogen) atoms. The van der Waals surface area contributed by atoms with Crippen LogP contribution in [0, 0.1) is 0 Å². The van der Waals surface area contributed by atoms with E-state index in [9.17, 15) is 4.79 Å². The number of aryl methyl sites for hydroxylation is 1. The summed E-state index contributed by atoms with van der Waals surface area (Å²) < 4.78 is 1.86. The molecular weight excluding hydrogens is 206 g/mol. The number of carbonyl (C=O) groups excluding carboxylic acids is 1. The highest BCUT2D eigenvalue weighted by molar-refractivity contribution is 5.97. The second-order valence-electron chi connectivity index (χ2n) is 3.54. The standard InChI is InChI=1S/C11H13N3O2/c1-14-7-13-9-3-2-8(6-10(9)14)11(16)12-4-5-15/h2-3,6-7,15H,4-5H2,1H3,(H,12,16). The van der Waals surface area contributed by atoms with Gasteiger partial charge in [0, 0.05) is 19.2 Å². The minimum Gasteiger partial charge on any atom is -0.395 e. The first-order valence-corrected chi connectivity index (χ1v) is 5.02. The van der Waals surface area contributed by atoms with Gasteiger partial charge >= 0.3 is 0 Å². The molecule has 84 valence electrons. The van der Waals surface area contributed by atoms with Gasteiger partial charge in [0.15, 0.2) is 0 Å². The predicted molar refractivity (Wildman–Crippen MR) is 60.1 cm³/mol. The number of nitrogens with zero attached hydrogens (tertiary/aromatic N) is 2. The summed E-state index contributed by atoms with van der Waals surface area (Å²) in [6.45, 7) is 0.210. The lowest BCUT2D eigenvalue weighted by atomic mass is 10.2. The van der Waals surface area contributed by atoms with Crippen molar-refractivity contribution in [2.24, 2.45) is 7.05 Å². The third kappa shape index (κ3) is 1.90. The van der Waals surface area contributed by atoms with E-state index in [0.717, 1.165) is 11.0 Å². The molecule has 1 heterocycles. The molecular formula is C11H13N3O2. The Labute approximate surface area is 92.7 Å². The SMILES string of the molecule is Cn1cnc2ccc(C(=O)NCCO)cc21. The van der Waals surface area contributed by atoms with E-state index < -0.39 is 0 Å². The van der Waals surface area contributed by atoms with Crippen LogP contribution in [0.4, 0.5) is 0 Å². The lowest BCUT2D eigenvalue weighted by Crippen LogP contribution is -2.26. The minimum absolute atomic E-state index is 0.0559. The fourth-order valence-electron chi connectivity index (χ4n) is 1.54. The monoisotopic (exact) mass is 219 g/mol. The Kier molecular flexibility index (Phi) is 2.87. The van der Waals surface area contributed by atoms with E-state index >= 15 is 0 Å². The number of imidazole rings is 1. The van der Waals surface area contributed by atoms with Crippen molar-refractivity contribution < 1.29 is 9.90 Å². The zero-order chi connectivity index (χ0) is 11.5. The van der Waals surface area contributed by atoms with E-state index in [4.69, 9.17) is 5.11 Å². The first-order chi connectivity index (χ1) is 7.72. The Balaban J connectivity index is 2.31. The van der Waals surface area contributed by atoms with Gasteiger partial charge in [0.1, 0.15) is 0 Å². The molecule has 0 fully saturated rings. The van der Waals surface area contributed by atoms with Gasteiger partial charge in [0.05, 0.1) is 24.0 Å². The maximum Gasteiger partial charge on any atom is 0.251 e. The smallest absolute Gasteiger partial charge is 0.251 e. The van der Waals surface area contributed by atoms with Gasteiger partial charge < -0.3 is 15.0 Å². The number of carbonyl (C=O) groups is 1. The van der Waals surface area contributed by atoms with Gasteiger partial charge in [-0.15, -0.1) is 0 Å². The number of aliphatic hydroxyl groups is 1. The number of aromatic nitrogens is 2. The van der Waals surface area contributed by atoms with Crippen LogP contribution in [0.25, 0.3) is 11.0 Å². The zero-order valence-electron chi connectivity index (χ0n) is 8.97. The molecule has 0 unspecified atom stereocenters. The number of hydrogen-bond acceptors (Lipinski definition) is 3. The van der Waals surface area contributed by atoms with Gasteiger partial charge in [-0.3, -0.25) is 4.79 Å². The molecule has 1 aromatic carbocycles. The van der Waals surface area contributed by atoms with Crippen molar-refractivity contribution >= 4 is 16.9 Å². The number of benzene rings is 1. The number of hydrogen-bond donors (Lipinski definition) is 2. The number of amides is 1. The minimum atomic E-state index is -0.183. The molecule has 0 aliphatic carbocycles. The molecule has 5 nitrogen and oxygen atoms in total. The normalized spacial score (nSPS) is 10.6. The molecule has 1 aromatic heterocycles. The van der Waals surface area contributed by atoms with Crippen molar-refractivity contribution in [3.63, 3.8) is 0 Å². The van der Waals surface area contributed by atoms with E-state index in [1.807, 2.05) is 17.7 Å². The Hall–Kier alpha value is -1.88. The fourth-order valence-corrected chi connectivity index (χ4v) is 1.54. The summed E-state index contributed by atoms with van der Waals surface area (Å²) in [4.78, 5) is 15.8. The molecule has 2 N–H and O–H groups in total. The van der Waals surface area contributed by atoms with Crippen molar-refractivity contribution in [3.05, 3.63) is 30.1 Å². The molecule has 0 bridgehead atoms. The van der Waals surface area contributed by atoms with Crippen molar-refractivity contribution in [1.29, 1.82) is 0 Å². The quantitative estimate of drug-likeness (QED) is 0.780. The van der Waals surface area contributed by atoms with E-state index in [-0.39, 0.29) is 19.1 Å². The van der Waals surface area contributed by atoms with Gasteiger partial charge in [-0.05, 0) is 18.2 Å². The molecule has 0 saturated carbocycles. The average molecular weight is 219 g/mol. The molecule has 0 atom stereocenters. The topological polar surface area (TPSA) is 67.2 Å². The molecule has 2 aromatic rings. The first kappa shape index (κ1) is 10.6. The maximum absolute atomic E-state index is 11.6. The summed E-state index contributed by atoms with van der Waals surface area (Å²) in [5, 5.41) is 11.2. The largest absolute Gasteiger partial charge is 0.395 e. The predicted octanol–water partition coefficient (Wildman–Crippen LogP) is 0.295. The maximum atomic E-state index is 11.6. The van der Waals surface area contributed by atoms with E-state index in [2.05, 4.69) is 10.3 Å². The molecule has 2 rings (SSSR count). The van der Waals surface area contributed by atoms with Gasteiger partial charge in [0.2, 0.25) is 0 Å². The van der Waals surface area contributed by atoms with E-state index in [1.165, 1.54) is 0 Å². The fraction of sp³-hybridized carbons (Fsp3) is 0.273. The van der Waals surface area contributed by atoms with Crippen LogP contribution in [-0.4, -0.2) is 33.7 Å². The van der Waals surface area contributed by atoms with Crippen LogP contribution in [0.15, 0.2) is 24.5 Å². The number of aliphatic hydroxyl groups excluding tert-OH is 1. The van der Waals surface area contributed by atoms with Crippen molar-refractivity contribution in [3.8, 4) is 0 Å².